The molecule has 28 heavy (non-hydrogen) atoms. The first-order valence-corrected chi connectivity index (χ1v) is 8.73. The van der Waals surface area contributed by atoms with E-state index in [9.17, 15) is 14.7 Å². The topological polar surface area (TPSA) is 94.1 Å². The van der Waals surface area contributed by atoms with Crippen LogP contribution in [0.3, 0.4) is 0 Å². The summed E-state index contributed by atoms with van der Waals surface area (Å²) >= 11 is 0. The molecule has 2 aromatic carbocycles. The van der Waals surface area contributed by atoms with Gasteiger partial charge in [0.25, 0.3) is 11.7 Å². The Hall–Kier alpha value is -3.48. The Kier molecular flexibility index (Phi) is 5.54. The van der Waals surface area contributed by atoms with Crippen LogP contribution in [0.2, 0.25) is 0 Å². The highest BCUT2D eigenvalue weighted by Crippen LogP contribution is 2.37. The maximum Gasteiger partial charge on any atom is 0.293 e. The molecule has 1 aliphatic rings. The molecule has 7 heteroatoms. The van der Waals surface area contributed by atoms with E-state index in [1.165, 1.54) is 14.2 Å². The lowest BCUT2D eigenvalue weighted by molar-refractivity contribution is -0.133. The third-order valence-electron chi connectivity index (χ3n) is 4.45. The molecule has 0 radical (unpaired) electrons. The van der Waals surface area contributed by atoms with Gasteiger partial charge in [-0.2, -0.15) is 0 Å². The van der Waals surface area contributed by atoms with Gasteiger partial charge in [0, 0.05) is 5.56 Å². The number of nitrogens with one attached hydrogen (secondary N) is 1. The van der Waals surface area contributed by atoms with E-state index in [-0.39, 0.29) is 11.3 Å². The molecular weight excluding hydrogens is 362 g/mol. The van der Waals surface area contributed by atoms with E-state index in [4.69, 9.17) is 14.2 Å². The van der Waals surface area contributed by atoms with Crippen molar-refractivity contribution in [2.45, 2.75) is 13.0 Å². The fraction of sp³-hybridized carbons (Fsp3) is 0.238. The van der Waals surface area contributed by atoms with Crippen molar-refractivity contribution < 1.29 is 28.9 Å². The van der Waals surface area contributed by atoms with Crippen LogP contribution in [-0.4, -0.2) is 37.6 Å². The molecule has 1 atom stereocenters. The number of hydrogen-bond donors (Lipinski definition) is 2. The number of benzene rings is 2. The van der Waals surface area contributed by atoms with E-state index in [0.717, 1.165) is 0 Å². The number of amides is 1. The molecule has 1 amide bonds. The minimum absolute atomic E-state index is 0.0126. The molecule has 0 bridgehead atoms. The summed E-state index contributed by atoms with van der Waals surface area (Å²) < 4.78 is 15.9. The fourth-order valence-corrected chi connectivity index (χ4v) is 3.08. The SMILES string of the molecule is CCOc1ccc(C(O)=C2C(=O)C(=O)NC2c2ccc(OC)c(OC)c2)cc1. The predicted octanol–water partition coefficient (Wildman–Crippen LogP) is 2.81. The maximum atomic E-state index is 12.4. The van der Waals surface area contributed by atoms with Gasteiger partial charge in [-0.05, 0) is 48.9 Å². The Morgan fingerprint density at radius 1 is 1.04 bits per heavy atom. The molecule has 1 fully saturated rings. The first-order valence-electron chi connectivity index (χ1n) is 8.73. The lowest BCUT2D eigenvalue weighted by atomic mass is 9.95. The zero-order valence-corrected chi connectivity index (χ0v) is 15.8. The van der Waals surface area contributed by atoms with Crippen LogP contribution in [0.5, 0.6) is 17.2 Å². The monoisotopic (exact) mass is 383 g/mol. The summed E-state index contributed by atoms with van der Waals surface area (Å²) in [5.74, 6) is -0.186. The van der Waals surface area contributed by atoms with Crippen LogP contribution >= 0.6 is 0 Å². The van der Waals surface area contributed by atoms with Gasteiger partial charge in [-0.3, -0.25) is 9.59 Å². The van der Waals surface area contributed by atoms with Crippen LogP contribution in [-0.2, 0) is 9.59 Å². The summed E-state index contributed by atoms with van der Waals surface area (Å²) in [7, 11) is 3.01. The predicted molar refractivity (Wildman–Crippen MR) is 103 cm³/mol. The molecule has 1 unspecified atom stereocenters. The first kappa shape index (κ1) is 19.3. The first-order chi connectivity index (χ1) is 13.5. The molecule has 2 aromatic rings. The number of methoxy groups -OCH3 is 2. The van der Waals surface area contributed by atoms with Crippen molar-refractivity contribution in [2.24, 2.45) is 0 Å². The Morgan fingerprint density at radius 3 is 2.32 bits per heavy atom. The Morgan fingerprint density at radius 2 is 1.71 bits per heavy atom. The van der Waals surface area contributed by atoms with Gasteiger partial charge in [-0.1, -0.05) is 6.07 Å². The van der Waals surface area contributed by atoms with Gasteiger partial charge in [0.05, 0.1) is 32.4 Å². The zero-order chi connectivity index (χ0) is 20.3. The van der Waals surface area contributed by atoms with Crippen molar-refractivity contribution in [3.05, 3.63) is 59.2 Å². The minimum atomic E-state index is -0.800. The molecule has 146 valence electrons. The average molecular weight is 383 g/mol. The van der Waals surface area contributed by atoms with E-state index in [1.54, 1.807) is 42.5 Å². The summed E-state index contributed by atoms with van der Waals surface area (Å²) in [6.07, 6.45) is 0. The molecule has 3 rings (SSSR count). The number of ketones is 1. The molecule has 1 aliphatic heterocycles. The van der Waals surface area contributed by atoms with Crippen LogP contribution in [0.1, 0.15) is 24.1 Å². The molecular formula is C21H21NO6. The molecule has 0 saturated carbocycles. The Bertz CT molecular complexity index is 932. The molecule has 2 N–H and O–H groups in total. The van der Waals surface area contributed by atoms with Crippen molar-refractivity contribution in [3.8, 4) is 17.2 Å². The molecule has 0 aromatic heterocycles. The van der Waals surface area contributed by atoms with Crippen LogP contribution in [0, 0.1) is 0 Å². The lowest BCUT2D eigenvalue weighted by Gasteiger charge is -2.16. The van der Waals surface area contributed by atoms with Gasteiger partial charge in [0.2, 0.25) is 0 Å². The van der Waals surface area contributed by atoms with Crippen molar-refractivity contribution in [2.75, 3.05) is 20.8 Å². The summed E-state index contributed by atoms with van der Waals surface area (Å²) in [6.45, 7) is 2.39. The number of hydrogen-bond acceptors (Lipinski definition) is 6. The molecule has 1 saturated heterocycles. The number of aliphatic hydroxyl groups is 1. The van der Waals surface area contributed by atoms with Gasteiger partial charge >= 0.3 is 0 Å². The second-order valence-electron chi connectivity index (χ2n) is 6.07. The smallest absolute Gasteiger partial charge is 0.293 e. The number of ether oxygens (including phenoxy) is 3. The van der Waals surface area contributed by atoms with Crippen LogP contribution < -0.4 is 19.5 Å². The average Bonchev–Trinajstić information content (AvgIpc) is 3.02. The Balaban J connectivity index is 2.05. The number of rotatable bonds is 6. The standard InChI is InChI=1S/C21H21NO6/c1-4-28-14-8-5-12(6-9-14)19(23)17-18(22-21(25)20(17)24)13-7-10-15(26-2)16(11-13)27-3/h5-11,18,23H,4H2,1-3H3,(H,22,25). The quantitative estimate of drug-likeness (QED) is 0.453. The van der Waals surface area contributed by atoms with E-state index < -0.39 is 17.7 Å². The van der Waals surface area contributed by atoms with Gasteiger partial charge in [0.1, 0.15) is 11.5 Å². The van der Waals surface area contributed by atoms with Crippen LogP contribution in [0.25, 0.3) is 5.76 Å². The largest absolute Gasteiger partial charge is 0.507 e. The Labute approximate surface area is 162 Å². The molecule has 0 aliphatic carbocycles. The fourth-order valence-electron chi connectivity index (χ4n) is 3.08. The highest BCUT2D eigenvalue weighted by atomic mass is 16.5. The van der Waals surface area contributed by atoms with Crippen LogP contribution in [0.15, 0.2) is 48.0 Å². The van der Waals surface area contributed by atoms with Crippen molar-refractivity contribution in [1.29, 1.82) is 0 Å². The summed E-state index contributed by atoms with van der Waals surface area (Å²) in [6, 6.07) is 10.9. The van der Waals surface area contributed by atoms with Crippen LogP contribution in [0.4, 0.5) is 0 Å². The van der Waals surface area contributed by atoms with E-state index in [1.807, 2.05) is 6.92 Å². The zero-order valence-electron chi connectivity index (χ0n) is 15.8. The molecule has 7 nitrogen and oxygen atoms in total. The molecule has 0 spiro atoms. The summed E-state index contributed by atoms with van der Waals surface area (Å²) in [5.41, 5.74) is 0.986. The summed E-state index contributed by atoms with van der Waals surface area (Å²) in [5, 5.41) is 13.4. The second-order valence-corrected chi connectivity index (χ2v) is 6.07. The number of aliphatic hydroxyl groups excluding tert-OH is 1. The second kappa shape index (κ2) is 8.04. The number of Topliss-reactive ketones (excluding diaryl/α,β-unsaturated/α-hetero) is 1. The minimum Gasteiger partial charge on any atom is -0.507 e. The van der Waals surface area contributed by atoms with E-state index >= 15 is 0 Å². The van der Waals surface area contributed by atoms with Crippen molar-refractivity contribution in [1.82, 2.24) is 5.32 Å². The number of carbonyl (C=O) groups excluding carboxylic acids is 2. The number of carbonyl (C=O) groups is 2. The maximum absolute atomic E-state index is 12.4. The van der Waals surface area contributed by atoms with Gasteiger partial charge < -0.3 is 24.6 Å². The highest BCUT2D eigenvalue weighted by molar-refractivity contribution is 6.46. The van der Waals surface area contributed by atoms with Crippen molar-refractivity contribution in [3.63, 3.8) is 0 Å². The van der Waals surface area contributed by atoms with Crippen molar-refractivity contribution >= 4 is 17.4 Å². The normalized spacial score (nSPS) is 17.9. The van der Waals surface area contributed by atoms with Gasteiger partial charge in [-0.15, -0.1) is 0 Å². The third-order valence-corrected chi connectivity index (χ3v) is 4.45. The summed E-state index contributed by atoms with van der Waals surface area (Å²) in [4.78, 5) is 24.5. The molecule has 1 heterocycles. The van der Waals surface area contributed by atoms with E-state index in [0.29, 0.717) is 35.0 Å². The lowest BCUT2D eigenvalue weighted by Crippen LogP contribution is -2.21. The van der Waals surface area contributed by atoms with Gasteiger partial charge in [0.15, 0.2) is 11.5 Å². The van der Waals surface area contributed by atoms with Gasteiger partial charge in [-0.25, -0.2) is 0 Å². The van der Waals surface area contributed by atoms with E-state index in [2.05, 4.69) is 5.32 Å². The third kappa shape index (κ3) is 3.51. The highest BCUT2D eigenvalue weighted by Gasteiger charge is 2.39.